The van der Waals surface area contributed by atoms with Gasteiger partial charge >= 0.3 is 11.9 Å². The second kappa shape index (κ2) is 7.73. The second-order valence-electron chi connectivity index (χ2n) is 7.39. The first-order valence-corrected chi connectivity index (χ1v) is 9.06. The van der Waals surface area contributed by atoms with Crippen molar-refractivity contribution in [3.05, 3.63) is 34.9 Å². The molecule has 1 aliphatic carbocycles. The van der Waals surface area contributed by atoms with Crippen molar-refractivity contribution in [3.63, 3.8) is 0 Å². The van der Waals surface area contributed by atoms with Crippen LogP contribution in [0.25, 0.3) is 0 Å². The molecule has 2 radical (unpaired) electrons. The van der Waals surface area contributed by atoms with Crippen LogP contribution >= 0.6 is 0 Å². The van der Waals surface area contributed by atoms with Crippen LogP contribution in [0.5, 0.6) is 0 Å². The summed E-state index contributed by atoms with van der Waals surface area (Å²) in [5, 5.41) is -1.41. The van der Waals surface area contributed by atoms with Crippen LogP contribution < -0.4 is 5.73 Å². The number of esters is 2. The Kier molecular flexibility index (Phi) is 6.10. The zero-order chi connectivity index (χ0) is 18.7. The van der Waals surface area contributed by atoms with Gasteiger partial charge in [0.15, 0.2) is 0 Å². The van der Waals surface area contributed by atoms with Crippen LogP contribution in [0.4, 0.5) is 0 Å². The van der Waals surface area contributed by atoms with E-state index in [1.807, 2.05) is 6.08 Å². The van der Waals surface area contributed by atoms with Crippen molar-refractivity contribution < 1.29 is 14.3 Å². The maximum atomic E-state index is 12.0. The third-order valence-corrected chi connectivity index (χ3v) is 5.48. The van der Waals surface area contributed by atoms with Gasteiger partial charge in [0.25, 0.3) is 0 Å². The third-order valence-electron chi connectivity index (χ3n) is 5.48. The second-order valence-corrected chi connectivity index (χ2v) is 7.39. The predicted octanol–water partition coefficient (Wildman–Crippen LogP) is 3.68. The first-order chi connectivity index (χ1) is 11.7. The molecule has 2 rings (SSSR count). The number of fused-ring (bicyclic) bond motifs is 1. The maximum absolute atomic E-state index is 12.0. The normalized spacial score (nSPS) is 30.2. The molecule has 2 aliphatic rings. The van der Waals surface area contributed by atoms with Gasteiger partial charge in [-0.1, -0.05) is 41.9 Å². The van der Waals surface area contributed by atoms with Crippen LogP contribution in [0.15, 0.2) is 34.9 Å². The molecule has 4 nitrogen and oxygen atoms in total. The van der Waals surface area contributed by atoms with Crippen molar-refractivity contribution >= 4 is 19.8 Å². The standard InChI is InChI=1S/C20H28BNO3/c1-4-14(2)7-5-8-15(3)9-6-10-16-11-12-19(21)17(23)25-18(24)20(19,22)13-16/h7,9,11H,4-6,8,10,12-13,22H2,1-3H3/b14-7+,15-9+/t19-,20+/m1/s1. The molecule has 1 fully saturated rings. The molecule has 0 spiro atoms. The van der Waals surface area contributed by atoms with Crippen LogP contribution in [0.2, 0.25) is 5.31 Å². The smallest absolute Gasteiger partial charge is 0.334 e. The molecule has 2 N–H and O–H groups in total. The lowest BCUT2D eigenvalue weighted by atomic mass is 9.52. The van der Waals surface area contributed by atoms with Crippen LogP contribution in [0, 0.1) is 0 Å². The lowest BCUT2D eigenvalue weighted by Gasteiger charge is -2.38. The Morgan fingerprint density at radius 3 is 2.60 bits per heavy atom. The number of ether oxygens (including phenoxy) is 1. The molecular formula is C20H28BNO3. The van der Waals surface area contributed by atoms with E-state index in [1.165, 1.54) is 11.1 Å². The van der Waals surface area contributed by atoms with Gasteiger partial charge in [0, 0.05) is 0 Å². The van der Waals surface area contributed by atoms with E-state index in [4.69, 9.17) is 18.3 Å². The molecule has 0 unspecified atom stereocenters. The van der Waals surface area contributed by atoms with E-state index in [0.717, 1.165) is 37.7 Å². The lowest BCUT2D eigenvalue weighted by molar-refractivity contribution is -0.154. The van der Waals surface area contributed by atoms with Crippen molar-refractivity contribution in [1.29, 1.82) is 0 Å². The van der Waals surface area contributed by atoms with Crippen molar-refractivity contribution in [2.45, 2.75) is 76.6 Å². The minimum atomic E-state index is -1.42. The molecule has 0 aromatic rings. The Balaban J connectivity index is 1.89. The fourth-order valence-electron chi connectivity index (χ4n) is 3.35. The Bertz CT molecular complexity index is 649. The number of allylic oxidation sites excluding steroid dienone is 5. The van der Waals surface area contributed by atoms with E-state index in [-0.39, 0.29) is 6.42 Å². The number of rotatable bonds is 7. The van der Waals surface area contributed by atoms with E-state index in [0.29, 0.717) is 6.42 Å². The minimum Gasteiger partial charge on any atom is -0.392 e. The summed E-state index contributed by atoms with van der Waals surface area (Å²) in [6.45, 7) is 6.47. The highest BCUT2D eigenvalue weighted by Gasteiger charge is 2.63. The van der Waals surface area contributed by atoms with Crippen LogP contribution in [-0.2, 0) is 14.3 Å². The monoisotopic (exact) mass is 341 g/mol. The lowest BCUT2D eigenvalue weighted by Crippen LogP contribution is -2.55. The van der Waals surface area contributed by atoms with E-state index >= 15 is 0 Å². The fraction of sp³-hybridized carbons (Fsp3) is 0.600. The number of carbonyl (C=O) groups excluding carboxylic acids is 2. The molecular weight excluding hydrogens is 313 g/mol. The first-order valence-electron chi connectivity index (χ1n) is 9.06. The molecule has 0 bridgehead atoms. The molecule has 0 aromatic heterocycles. The molecule has 1 saturated heterocycles. The Morgan fingerprint density at radius 2 is 1.92 bits per heavy atom. The summed E-state index contributed by atoms with van der Waals surface area (Å²) in [7, 11) is 6.08. The zero-order valence-corrected chi connectivity index (χ0v) is 15.6. The van der Waals surface area contributed by atoms with Gasteiger partial charge in [-0.3, -0.25) is 4.79 Å². The van der Waals surface area contributed by atoms with Crippen molar-refractivity contribution in [2.75, 3.05) is 0 Å². The van der Waals surface area contributed by atoms with E-state index in [1.54, 1.807) is 0 Å². The average molecular weight is 341 g/mol. The number of nitrogens with two attached hydrogens (primary N) is 1. The third kappa shape index (κ3) is 3.97. The van der Waals surface area contributed by atoms with Crippen molar-refractivity contribution in [1.82, 2.24) is 0 Å². The molecule has 1 heterocycles. The Morgan fingerprint density at radius 1 is 1.24 bits per heavy atom. The van der Waals surface area contributed by atoms with Gasteiger partial charge < -0.3 is 10.5 Å². The zero-order valence-electron chi connectivity index (χ0n) is 15.6. The SMILES string of the molecule is [B][C@@]12CC=C(CC/C=C(\C)CC/C=C(\C)CC)C[C@]1(N)C(=O)OC2=O. The van der Waals surface area contributed by atoms with E-state index < -0.39 is 22.8 Å². The van der Waals surface area contributed by atoms with Gasteiger partial charge in [-0.05, 0) is 58.8 Å². The highest BCUT2D eigenvalue weighted by Crippen LogP contribution is 2.52. The molecule has 0 saturated carbocycles. The number of hydrogen-bond donors (Lipinski definition) is 1. The highest BCUT2D eigenvalue weighted by atomic mass is 16.6. The highest BCUT2D eigenvalue weighted by molar-refractivity contribution is 6.34. The largest absolute Gasteiger partial charge is 0.392 e. The van der Waals surface area contributed by atoms with Gasteiger partial charge in [-0.2, -0.15) is 0 Å². The van der Waals surface area contributed by atoms with Crippen LogP contribution in [-0.4, -0.2) is 25.3 Å². The predicted molar refractivity (Wildman–Crippen MR) is 100 cm³/mol. The summed E-state index contributed by atoms with van der Waals surface area (Å²) >= 11 is 0. The van der Waals surface area contributed by atoms with Gasteiger partial charge in [0.1, 0.15) is 5.54 Å². The maximum Gasteiger partial charge on any atom is 0.334 e. The molecule has 2 atom stereocenters. The van der Waals surface area contributed by atoms with E-state index in [2.05, 4.69) is 32.9 Å². The fourth-order valence-corrected chi connectivity index (χ4v) is 3.35. The number of carbonyl (C=O) groups is 2. The van der Waals surface area contributed by atoms with Crippen LogP contribution in [0.1, 0.15) is 65.7 Å². The molecule has 25 heavy (non-hydrogen) atoms. The Hall–Kier alpha value is -1.62. The summed E-state index contributed by atoms with van der Waals surface area (Å²) in [6.07, 6.45) is 12.0. The van der Waals surface area contributed by atoms with E-state index in [9.17, 15) is 9.59 Å². The van der Waals surface area contributed by atoms with Gasteiger partial charge in [0.05, 0.1) is 13.2 Å². The number of hydrogen-bond acceptors (Lipinski definition) is 4. The summed E-state index contributed by atoms with van der Waals surface area (Å²) < 4.78 is 4.70. The summed E-state index contributed by atoms with van der Waals surface area (Å²) in [4.78, 5) is 23.8. The quantitative estimate of drug-likeness (QED) is 0.332. The molecule has 5 heteroatoms. The average Bonchev–Trinajstić information content (AvgIpc) is 2.74. The van der Waals surface area contributed by atoms with Gasteiger partial charge in [-0.25, -0.2) is 4.79 Å². The molecule has 134 valence electrons. The van der Waals surface area contributed by atoms with Crippen molar-refractivity contribution in [2.24, 2.45) is 5.73 Å². The topological polar surface area (TPSA) is 69.4 Å². The van der Waals surface area contributed by atoms with Crippen LogP contribution in [0.3, 0.4) is 0 Å². The number of cyclic esters (lactones) is 2. The molecule has 0 amide bonds. The Labute approximate surface area is 152 Å². The van der Waals surface area contributed by atoms with Gasteiger partial charge in [-0.15, -0.1) is 0 Å². The summed E-state index contributed by atoms with van der Waals surface area (Å²) in [5.74, 6) is -1.41. The molecule has 1 aliphatic heterocycles. The molecule has 0 aromatic carbocycles. The summed E-state index contributed by atoms with van der Waals surface area (Å²) in [6, 6.07) is 0. The minimum absolute atomic E-state index is 0.257. The first kappa shape index (κ1) is 19.7. The van der Waals surface area contributed by atoms with Gasteiger partial charge in [0.2, 0.25) is 0 Å². The van der Waals surface area contributed by atoms with Crippen molar-refractivity contribution in [3.8, 4) is 0 Å². The summed E-state index contributed by atoms with van der Waals surface area (Å²) in [5.41, 5.74) is 8.62.